The molecule has 4 rings (SSSR count). The van der Waals surface area contributed by atoms with Crippen LogP contribution in [0.25, 0.3) is 22.0 Å². The number of nitrogens with two attached hydrogens (primary N) is 1. The van der Waals surface area contributed by atoms with Crippen LogP contribution in [0.2, 0.25) is 0 Å². The van der Waals surface area contributed by atoms with Crippen molar-refractivity contribution in [3.8, 4) is 17.2 Å². The molecule has 0 saturated heterocycles. The maximum Gasteiger partial charge on any atom is 0.272 e. The van der Waals surface area contributed by atoms with E-state index in [1.165, 1.54) is 42.5 Å². The zero-order valence-electron chi connectivity index (χ0n) is 16.4. The van der Waals surface area contributed by atoms with Gasteiger partial charge >= 0.3 is 0 Å². The fourth-order valence-corrected chi connectivity index (χ4v) is 4.14. The van der Waals surface area contributed by atoms with Gasteiger partial charge in [-0.15, -0.1) is 0 Å². The fraction of sp³-hybridized carbons (Fsp3) is 0.0476. The highest BCUT2D eigenvalue weighted by atomic mass is 32.2. The summed E-state index contributed by atoms with van der Waals surface area (Å²) >= 11 is 0. The van der Waals surface area contributed by atoms with Crippen LogP contribution in [0.1, 0.15) is 12.5 Å². The lowest BCUT2D eigenvalue weighted by atomic mass is 9.99. The quantitative estimate of drug-likeness (QED) is 0.524. The molecule has 3 aromatic carbocycles. The van der Waals surface area contributed by atoms with E-state index in [2.05, 4.69) is 5.10 Å². The first-order valence-corrected chi connectivity index (χ1v) is 10.3. The Kier molecular flexibility index (Phi) is 4.43. The number of fused-ring (bicyclic) bond motifs is 1. The molecule has 0 bridgehead atoms. The normalized spacial score (nSPS) is 12.0. The van der Waals surface area contributed by atoms with Crippen LogP contribution < -0.4 is 10.7 Å². The van der Waals surface area contributed by atoms with Crippen molar-refractivity contribution >= 4 is 20.9 Å². The molecular weight excluding hydrogens is 407 g/mol. The van der Waals surface area contributed by atoms with Crippen LogP contribution in [-0.2, 0) is 16.6 Å². The number of sulfonamides is 1. The largest absolute Gasteiger partial charge is 0.280 e. The van der Waals surface area contributed by atoms with Crippen molar-refractivity contribution in [3.05, 3.63) is 87.9 Å². The summed E-state index contributed by atoms with van der Waals surface area (Å²) < 4.78 is 46.6. The number of rotatable bonds is 4. The Morgan fingerprint density at radius 3 is 2.70 bits per heavy atom. The molecule has 0 unspecified atom stereocenters. The molecule has 0 saturated carbocycles. The second kappa shape index (κ2) is 7.26. The molecule has 7 nitrogen and oxygen atoms in total. The van der Waals surface area contributed by atoms with Crippen molar-refractivity contribution in [2.75, 3.05) is 0 Å². The van der Waals surface area contributed by atoms with Gasteiger partial charge < -0.3 is 0 Å². The SMILES string of the molecule is [2H]c1cc(Cn2[nH]c(=O)c3cc(-c4c(C#N)cccc4S(N)(=O)=O)ccc32)ccc1F. The molecule has 0 aliphatic heterocycles. The average Bonchev–Trinajstić information content (AvgIpc) is 3.04. The van der Waals surface area contributed by atoms with Crippen molar-refractivity contribution in [1.82, 2.24) is 9.78 Å². The van der Waals surface area contributed by atoms with Crippen LogP contribution in [0.5, 0.6) is 0 Å². The summed E-state index contributed by atoms with van der Waals surface area (Å²) in [4.78, 5) is 12.3. The summed E-state index contributed by atoms with van der Waals surface area (Å²) in [5, 5.41) is 17.7. The van der Waals surface area contributed by atoms with Crippen LogP contribution in [0, 0.1) is 17.1 Å². The monoisotopic (exact) mass is 423 g/mol. The smallest absolute Gasteiger partial charge is 0.272 e. The van der Waals surface area contributed by atoms with E-state index in [0.717, 1.165) is 0 Å². The van der Waals surface area contributed by atoms with Gasteiger partial charge in [-0.05, 0) is 47.5 Å². The lowest BCUT2D eigenvalue weighted by molar-refractivity contribution is 0.598. The molecule has 0 fully saturated rings. The number of nitriles is 1. The van der Waals surface area contributed by atoms with Gasteiger partial charge in [-0.2, -0.15) is 5.26 Å². The third-order valence-electron chi connectivity index (χ3n) is 4.69. The Labute approximate surface area is 172 Å². The van der Waals surface area contributed by atoms with E-state index >= 15 is 0 Å². The Balaban J connectivity index is 1.87. The second-order valence-electron chi connectivity index (χ2n) is 6.64. The number of aromatic nitrogens is 2. The first-order valence-electron chi connectivity index (χ1n) is 9.23. The maximum absolute atomic E-state index is 13.4. The standard InChI is InChI=1S/C21H15FN4O3S/c22-16-7-4-13(5-8-16)12-26-18-9-6-14(10-17(18)21(27)25-26)20-15(11-23)2-1-3-19(20)30(24,28)29/h1-10H,12H2,(H,25,27)(H2,24,28,29)/i7D. The molecule has 0 aliphatic carbocycles. The molecule has 0 spiro atoms. The highest BCUT2D eigenvalue weighted by Gasteiger charge is 2.20. The maximum atomic E-state index is 13.4. The van der Waals surface area contributed by atoms with Crippen molar-refractivity contribution in [2.45, 2.75) is 11.4 Å². The number of primary sulfonamides is 1. The molecule has 9 heteroatoms. The highest BCUT2D eigenvalue weighted by molar-refractivity contribution is 7.89. The van der Waals surface area contributed by atoms with E-state index in [1.54, 1.807) is 16.8 Å². The summed E-state index contributed by atoms with van der Waals surface area (Å²) in [5.41, 5.74) is 1.31. The summed E-state index contributed by atoms with van der Waals surface area (Å²) in [6.07, 6.45) is 0. The predicted molar refractivity (Wildman–Crippen MR) is 110 cm³/mol. The van der Waals surface area contributed by atoms with E-state index in [4.69, 9.17) is 6.51 Å². The van der Waals surface area contributed by atoms with Gasteiger partial charge in [-0.1, -0.05) is 24.3 Å². The Bertz CT molecular complexity index is 1550. The summed E-state index contributed by atoms with van der Waals surface area (Å²) in [7, 11) is -4.11. The first-order chi connectivity index (χ1) is 14.7. The Morgan fingerprint density at radius 2 is 2.00 bits per heavy atom. The van der Waals surface area contributed by atoms with E-state index < -0.39 is 21.4 Å². The van der Waals surface area contributed by atoms with Crippen LogP contribution in [0.3, 0.4) is 0 Å². The van der Waals surface area contributed by atoms with Gasteiger partial charge in [0, 0.05) is 5.56 Å². The van der Waals surface area contributed by atoms with Crippen LogP contribution in [0.4, 0.5) is 4.39 Å². The van der Waals surface area contributed by atoms with Gasteiger partial charge in [0.05, 0.1) is 35.3 Å². The molecular formula is C21H15FN4O3S. The van der Waals surface area contributed by atoms with E-state index in [9.17, 15) is 22.9 Å². The molecule has 0 atom stereocenters. The number of nitrogens with one attached hydrogen (secondary N) is 1. The third kappa shape index (κ3) is 3.50. The van der Waals surface area contributed by atoms with Gasteiger partial charge in [0.1, 0.15) is 5.82 Å². The van der Waals surface area contributed by atoms with Gasteiger partial charge in [-0.25, -0.2) is 17.9 Å². The molecule has 3 N–H and O–H groups in total. The second-order valence-corrected chi connectivity index (χ2v) is 8.17. The minimum absolute atomic E-state index is 0.107. The molecule has 0 radical (unpaired) electrons. The predicted octanol–water partition coefficient (Wildman–Crippen LogP) is 2.70. The zero-order valence-corrected chi connectivity index (χ0v) is 16.2. The lowest BCUT2D eigenvalue weighted by Gasteiger charge is -2.10. The van der Waals surface area contributed by atoms with Gasteiger partial charge in [0.2, 0.25) is 10.0 Å². The van der Waals surface area contributed by atoms with Gasteiger partial charge in [0.15, 0.2) is 0 Å². The minimum Gasteiger partial charge on any atom is -0.280 e. The Hall–Kier alpha value is -3.74. The van der Waals surface area contributed by atoms with Gasteiger partial charge in [0.25, 0.3) is 5.56 Å². The fourth-order valence-electron chi connectivity index (χ4n) is 3.35. The van der Waals surface area contributed by atoms with Crippen LogP contribution >= 0.6 is 0 Å². The zero-order chi connectivity index (χ0) is 22.3. The third-order valence-corrected chi connectivity index (χ3v) is 5.64. The number of nitrogens with zero attached hydrogens (tertiary/aromatic N) is 2. The van der Waals surface area contributed by atoms with E-state index in [1.807, 2.05) is 6.07 Å². The number of aromatic amines is 1. The molecule has 150 valence electrons. The average molecular weight is 423 g/mol. The highest BCUT2D eigenvalue weighted by Crippen LogP contribution is 2.31. The summed E-state index contributed by atoms with van der Waals surface area (Å²) in [5.74, 6) is -0.638. The molecule has 1 heterocycles. The van der Waals surface area contributed by atoms with Crippen LogP contribution in [0.15, 0.2) is 70.3 Å². The number of H-pyrrole nitrogens is 1. The molecule has 4 aromatic rings. The molecule has 30 heavy (non-hydrogen) atoms. The van der Waals surface area contributed by atoms with E-state index in [0.29, 0.717) is 16.6 Å². The van der Waals surface area contributed by atoms with Gasteiger partial charge in [-0.3, -0.25) is 14.6 Å². The number of halogens is 1. The van der Waals surface area contributed by atoms with Crippen molar-refractivity contribution in [3.63, 3.8) is 0 Å². The summed E-state index contributed by atoms with van der Waals surface area (Å²) in [6.45, 7) is 0.196. The number of benzene rings is 3. The number of hydrogen-bond acceptors (Lipinski definition) is 4. The van der Waals surface area contributed by atoms with Crippen LogP contribution in [-0.4, -0.2) is 18.2 Å². The van der Waals surface area contributed by atoms with Crippen molar-refractivity contribution in [1.29, 1.82) is 5.26 Å². The molecule has 0 amide bonds. The molecule has 1 aromatic heterocycles. The topological polar surface area (TPSA) is 122 Å². The van der Waals surface area contributed by atoms with Crippen molar-refractivity contribution in [2.24, 2.45) is 5.14 Å². The number of hydrogen-bond donors (Lipinski definition) is 2. The minimum atomic E-state index is -4.11. The van der Waals surface area contributed by atoms with E-state index in [-0.39, 0.29) is 34.0 Å². The lowest BCUT2D eigenvalue weighted by Crippen LogP contribution is -2.14. The van der Waals surface area contributed by atoms with Crippen molar-refractivity contribution < 1.29 is 14.2 Å². The molecule has 0 aliphatic rings. The Morgan fingerprint density at radius 1 is 1.20 bits per heavy atom. The first kappa shape index (κ1) is 18.3. The summed E-state index contributed by atoms with van der Waals surface area (Å²) in [6, 6.07) is 14.7.